The molecule has 1 aromatic carbocycles. The fourth-order valence-electron chi connectivity index (χ4n) is 1.53. The molecule has 0 bridgehead atoms. The zero-order chi connectivity index (χ0) is 14.7. The van der Waals surface area contributed by atoms with Crippen molar-refractivity contribution in [2.45, 2.75) is 6.42 Å². The number of nitrogens with one attached hydrogen (secondary N) is 1. The van der Waals surface area contributed by atoms with Crippen molar-refractivity contribution in [1.82, 2.24) is 20.2 Å². The summed E-state index contributed by atoms with van der Waals surface area (Å²) < 4.78 is 1.36. The monoisotopic (exact) mass is 277 g/mol. The van der Waals surface area contributed by atoms with E-state index in [0.29, 0.717) is 5.82 Å². The van der Waals surface area contributed by atoms with Gasteiger partial charge in [0.1, 0.15) is 11.3 Å². The maximum absolute atomic E-state index is 11.8. The van der Waals surface area contributed by atoms with Gasteiger partial charge in [0.15, 0.2) is 5.82 Å². The summed E-state index contributed by atoms with van der Waals surface area (Å²) in [5, 5.41) is 31.4. The average molecular weight is 277 g/mol. The van der Waals surface area contributed by atoms with Crippen molar-refractivity contribution >= 4 is 17.6 Å². The van der Waals surface area contributed by atoms with Crippen molar-refractivity contribution in [1.29, 1.82) is 0 Å². The molecule has 9 nitrogen and oxygen atoms in total. The number of hydrogen-bond donors (Lipinski definition) is 3. The Morgan fingerprint density at radius 1 is 1.40 bits per heavy atom. The minimum atomic E-state index is -1.28. The van der Waals surface area contributed by atoms with Gasteiger partial charge in [-0.3, -0.25) is 4.79 Å². The molecule has 1 heterocycles. The summed E-state index contributed by atoms with van der Waals surface area (Å²) in [5.41, 5.74) is -0.0246. The summed E-state index contributed by atoms with van der Waals surface area (Å²) in [6, 6.07) is 3.77. The number of nitrogens with zero attached hydrogens (tertiary/aromatic N) is 4. The molecule has 0 saturated heterocycles. The Balaban J connectivity index is 2.10. The van der Waals surface area contributed by atoms with E-state index in [1.807, 2.05) is 0 Å². The lowest BCUT2D eigenvalue weighted by Gasteiger charge is -2.06. The number of aryl methyl sites for hydroxylation is 1. The van der Waals surface area contributed by atoms with Crippen LogP contribution in [0.4, 0.5) is 5.69 Å². The van der Waals surface area contributed by atoms with Crippen LogP contribution in [0.15, 0.2) is 18.2 Å². The van der Waals surface area contributed by atoms with Gasteiger partial charge in [-0.05, 0) is 28.6 Å². The molecule has 1 amide bonds. The highest BCUT2D eigenvalue weighted by Gasteiger charge is 2.13. The predicted molar refractivity (Wildman–Crippen MR) is 66.2 cm³/mol. The molecule has 0 fully saturated rings. The number of carbonyl (C=O) groups excluding carboxylic acids is 1. The first kappa shape index (κ1) is 13.5. The van der Waals surface area contributed by atoms with E-state index >= 15 is 0 Å². The van der Waals surface area contributed by atoms with Gasteiger partial charge in [-0.25, -0.2) is 9.48 Å². The van der Waals surface area contributed by atoms with Crippen LogP contribution in [0.25, 0.3) is 0 Å². The molecule has 0 aliphatic heterocycles. The predicted octanol–water partition coefficient (Wildman–Crippen LogP) is -0.205. The van der Waals surface area contributed by atoms with E-state index in [0.717, 1.165) is 0 Å². The number of aromatic carboxylic acids is 1. The van der Waals surface area contributed by atoms with Gasteiger partial charge in [0.05, 0.1) is 6.42 Å². The van der Waals surface area contributed by atoms with Crippen LogP contribution in [-0.2, 0) is 18.3 Å². The summed E-state index contributed by atoms with van der Waals surface area (Å²) in [6.45, 7) is 0. The number of benzene rings is 1. The average Bonchev–Trinajstić information content (AvgIpc) is 2.77. The summed E-state index contributed by atoms with van der Waals surface area (Å²) in [5.74, 6) is -1.67. The first-order chi connectivity index (χ1) is 9.47. The number of carboxylic acids is 1. The molecule has 0 aliphatic rings. The normalized spacial score (nSPS) is 10.2. The van der Waals surface area contributed by atoms with Gasteiger partial charge in [-0.1, -0.05) is 0 Å². The van der Waals surface area contributed by atoms with E-state index in [1.165, 1.54) is 22.9 Å². The molecular formula is C11H11N5O4. The zero-order valence-electron chi connectivity index (χ0n) is 10.4. The summed E-state index contributed by atoms with van der Waals surface area (Å²) in [6.07, 6.45) is -0.0488. The number of aromatic nitrogens is 4. The quantitative estimate of drug-likeness (QED) is 0.659. The molecule has 0 atom stereocenters. The van der Waals surface area contributed by atoms with Gasteiger partial charge in [0.25, 0.3) is 0 Å². The Kier molecular flexibility index (Phi) is 3.60. The van der Waals surface area contributed by atoms with Crippen molar-refractivity contribution in [3.63, 3.8) is 0 Å². The van der Waals surface area contributed by atoms with Crippen molar-refractivity contribution in [3.8, 4) is 5.75 Å². The Hall–Kier alpha value is -2.97. The number of phenols is 1. The molecule has 3 N–H and O–H groups in total. The number of carbonyl (C=O) groups is 2. The van der Waals surface area contributed by atoms with E-state index in [4.69, 9.17) is 5.11 Å². The van der Waals surface area contributed by atoms with Crippen LogP contribution < -0.4 is 5.32 Å². The number of hydrogen-bond acceptors (Lipinski definition) is 6. The van der Waals surface area contributed by atoms with Gasteiger partial charge in [0, 0.05) is 12.7 Å². The first-order valence-electron chi connectivity index (χ1n) is 5.55. The molecule has 0 radical (unpaired) electrons. The Morgan fingerprint density at radius 3 is 2.75 bits per heavy atom. The SMILES string of the molecule is Cn1nnnc1CC(=O)Nc1ccc(O)c(C(=O)O)c1. The Bertz CT molecular complexity index is 667. The molecule has 20 heavy (non-hydrogen) atoms. The second-order valence-corrected chi connectivity index (χ2v) is 3.98. The second-order valence-electron chi connectivity index (χ2n) is 3.98. The Morgan fingerprint density at radius 2 is 2.15 bits per heavy atom. The molecule has 1 aromatic heterocycles. The third-order valence-corrected chi connectivity index (χ3v) is 2.54. The van der Waals surface area contributed by atoms with Gasteiger partial charge in [-0.2, -0.15) is 0 Å². The highest BCUT2D eigenvalue weighted by molar-refractivity contribution is 5.96. The number of carboxylic acid groups (broad SMARTS) is 1. The minimum Gasteiger partial charge on any atom is -0.507 e. The fourth-order valence-corrected chi connectivity index (χ4v) is 1.53. The molecule has 0 spiro atoms. The van der Waals surface area contributed by atoms with Gasteiger partial charge < -0.3 is 15.5 Å². The van der Waals surface area contributed by atoms with Crippen molar-refractivity contribution in [2.24, 2.45) is 7.05 Å². The summed E-state index contributed by atoms with van der Waals surface area (Å²) in [4.78, 5) is 22.6. The number of tetrazole rings is 1. The maximum Gasteiger partial charge on any atom is 0.339 e. The topological polar surface area (TPSA) is 130 Å². The maximum atomic E-state index is 11.8. The number of aromatic hydroxyl groups is 1. The molecule has 0 aliphatic carbocycles. The third-order valence-electron chi connectivity index (χ3n) is 2.54. The highest BCUT2D eigenvalue weighted by atomic mass is 16.4. The second kappa shape index (κ2) is 5.34. The largest absolute Gasteiger partial charge is 0.507 e. The van der Waals surface area contributed by atoms with E-state index < -0.39 is 11.9 Å². The van der Waals surface area contributed by atoms with Gasteiger partial charge in [-0.15, -0.1) is 5.10 Å². The molecule has 104 valence electrons. The minimum absolute atomic E-state index is 0.0488. The van der Waals surface area contributed by atoms with Crippen LogP contribution in [0.2, 0.25) is 0 Å². The van der Waals surface area contributed by atoms with Crippen LogP contribution in [0.3, 0.4) is 0 Å². The summed E-state index contributed by atoms with van der Waals surface area (Å²) >= 11 is 0. The number of anilines is 1. The molecule has 2 aromatic rings. The lowest BCUT2D eigenvalue weighted by molar-refractivity contribution is -0.115. The number of rotatable bonds is 4. The van der Waals surface area contributed by atoms with Crippen molar-refractivity contribution in [2.75, 3.05) is 5.32 Å². The van der Waals surface area contributed by atoms with Crippen LogP contribution in [0, 0.1) is 0 Å². The first-order valence-corrected chi connectivity index (χ1v) is 5.55. The smallest absolute Gasteiger partial charge is 0.339 e. The van der Waals surface area contributed by atoms with Crippen LogP contribution >= 0.6 is 0 Å². The van der Waals surface area contributed by atoms with Crippen LogP contribution in [0.1, 0.15) is 16.2 Å². The standard InChI is InChI=1S/C11H11N5O4/c1-16-9(13-14-15-16)5-10(18)12-6-2-3-8(17)7(4-6)11(19)20/h2-4,17H,5H2,1H3,(H,12,18)(H,19,20). The van der Waals surface area contributed by atoms with E-state index in [2.05, 4.69) is 20.8 Å². The molecule has 0 saturated carbocycles. The van der Waals surface area contributed by atoms with Crippen molar-refractivity contribution in [3.05, 3.63) is 29.6 Å². The number of amides is 1. The highest BCUT2D eigenvalue weighted by Crippen LogP contribution is 2.21. The van der Waals surface area contributed by atoms with E-state index in [9.17, 15) is 14.7 Å². The fraction of sp³-hybridized carbons (Fsp3) is 0.182. The molecule has 2 rings (SSSR count). The molecular weight excluding hydrogens is 266 g/mol. The molecule has 9 heteroatoms. The van der Waals surface area contributed by atoms with Crippen molar-refractivity contribution < 1.29 is 19.8 Å². The Labute approximate surface area is 112 Å². The van der Waals surface area contributed by atoms with E-state index in [-0.39, 0.29) is 23.4 Å². The van der Waals surface area contributed by atoms with Gasteiger partial charge >= 0.3 is 5.97 Å². The zero-order valence-corrected chi connectivity index (χ0v) is 10.4. The van der Waals surface area contributed by atoms with Crippen LogP contribution in [0.5, 0.6) is 5.75 Å². The third kappa shape index (κ3) is 2.88. The van der Waals surface area contributed by atoms with Gasteiger partial charge in [0.2, 0.25) is 5.91 Å². The lowest BCUT2D eigenvalue weighted by atomic mass is 10.1. The van der Waals surface area contributed by atoms with Crippen LogP contribution in [-0.4, -0.2) is 42.3 Å². The molecule has 0 unspecified atom stereocenters. The van der Waals surface area contributed by atoms with E-state index in [1.54, 1.807) is 7.05 Å². The lowest BCUT2D eigenvalue weighted by Crippen LogP contribution is -2.17. The summed E-state index contributed by atoms with van der Waals surface area (Å²) in [7, 11) is 1.60.